The van der Waals surface area contributed by atoms with Crippen LogP contribution in [0.5, 0.6) is 0 Å². The van der Waals surface area contributed by atoms with Gasteiger partial charge in [0, 0.05) is 18.6 Å². The minimum atomic E-state index is -0.879. The summed E-state index contributed by atoms with van der Waals surface area (Å²) in [6.07, 6.45) is 4.84. The molecule has 0 aromatic carbocycles. The monoisotopic (exact) mass is 270 g/mol. The number of nitrogens with zero attached hydrogens (tertiary/aromatic N) is 1. The van der Waals surface area contributed by atoms with E-state index >= 15 is 0 Å². The topological polar surface area (TPSA) is 69.6 Å². The molecule has 19 heavy (non-hydrogen) atoms. The molecule has 0 bridgehead atoms. The van der Waals surface area contributed by atoms with Gasteiger partial charge in [0.25, 0.3) is 0 Å². The second kappa shape index (κ2) is 6.78. The third-order valence-corrected chi connectivity index (χ3v) is 3.37. The maximum absolute atomic E-state index is 12.1. The standard InChI is InChI=1S/C14H26N2O3/c1-14(2,3)16(10-8-12(17)18)13(19)15-9-4-5-11-6-7-11/h11H,4-10H2,1-3H3,(H,15,19)(H,17,18). The Hall–Kier alpha value is -1.26. The van der Waals surface area contributed by atoms with Crippen molar-refractivity contribution < 1.29 is 14.7 Å². The summed E-state index contributed by atoms with van der Waals surface area (Å²) in [7, 11) is 0. The number of carboxylic acid groups (broad SMARTS) is 1. The van der Waals surface area contributed by atoms with E-state index in [9.17, 15) is 9.59 Å². The quantitative estimate of drug-likeness (QED) is 0.698. The van der Waals surface area contributed by atoms with E-state index in [1.807, 2.05) is 20.8 Å². The van der Waals surface area contributed by atoms with Gasteiger partial charge in [-0.25, -0.2) is 4.79 Å². The van der Waals surface area contributed by atoms with Crippen LogP contribution < -0.4 is 5.32 Å². The Labute approximate surface area is 115 Å². The number of carbonyl (C=O) groups is 2. The Morgan fingerprint density at radius 3 is 2.42 bits per heavy atom. The van der Waals surface area contributed by atoms with Gasteiger partial charge in [-0.2, -0.15) is 0 Å². The van der Waals surface area contributed by atoms with Crippen molar-refractivity contribution in [1.29, 1.82) is 0 Å². The molecule has 0 atom stereocenters. The molecule has 1 rings (SSSR count). The molecule has 0 aliphatic heterocycles. The first-order chi connectivity index (χ1) is 8.80. The summed E-state index contributed by atoms with van der Waals surface area (Å²) in [4.78, 5) is 24.3. The lowest BCUT2D eigenvalue weighted by Gasteiger charge is -2.35. The van der Waals surface area contributed by atoms with Crippen LogP contribution in [-0.4, -0.2) is 40.6 Å². The molecule has 5 heteroatoms. The van der Waals surface area contributed by atoms with E-state index in [1.165, 1.54) is 19.3 Å². The molecule has 5 nitrogen and oxygen atoms in total. The summed E-state index contributed by atoms with van der Waals surface area (Å²) in [5.41, 5.74) is -0.365. The minimum Gasteiger partial charge on any atom is -0.481 e. The van der Waals surface area contributed by atoms with Gasteiger partial charge >= 0.3 is 12.0 Å². The highest BCUT2D eigenvalue weighted by Crippen LogP contribution is 2.33. The Balaban J connectivity index is 2.34. The van der Waals surface area contributed by atoms with E-state index in [0.29, 0.717) is 6.54 Å². The van der Waals surface area contributed by atoms with Crippen LogP contribution in [0.2, 0.25) is 0 Å². The van der Waals surface area contributed by atoms with Gasteiger partial charge in [0.05, 0.1) is 6.42 Å². The number of amides is 2. The molecule has 1 fully saturated rings. The molecular formula is C14H26N2O3. The predicted octanol–water partition coefficient (Wildman–Crippen LogP) is 2.46. The highest BCUT2D eigenvalue weighted by Gasteiger charge is 2.26. The normalized spacial score (nSPS) is 15.1. The molecule has 0 unspecified atom stereocenters. The lowest BCUT2D eigenvalue weighted by atomic mass is 10.1. The molecule has 1 saturated carbocycles. The van der Waals surface area contributed by atoms with Gasteiger partial charge in [-0.3, -0.25) is 4.79 Å². The van der Waals surface area contributed by atoms with Crippen molar-refractivity contribution in [3.63, 3.8) is 0 Å². The number of hydrogen-bond donors (Lipinski definition) is 2. The molecule has 0 aromatic rings. The largest absolute Gasteiger partial charge is 0.481 e. The first-order valence-corrected chi connectivity index (χ1v) is 7.08. The van der Waals surface area contributed by atoms with E-state index in [0.717, 1.165) is 12.3 Å². The zero-order valence-corrected chi connectivity index (χ0v) is 12.2. The highest BCUT2D eigenvalue weighted by atomic mass is 16.4. The smallest absolute Gasteiger partial charge is 0.317 e. The SMILES string of the molecule is CC(C)(C)N(CCC(=O)O)C(=O)NCCCC1CC1. The van der Waals surface area contributed by atoms with Crippen LogP contribution in [0.25, 0.3) is 0 Å². The van der Waals surface area contributed by atoms with Gasteiger partial charge in [0.2, 0.25) is 0 Å². The fourth-order valence-electron chi connectivity index (χ4n) is 2.04. The molecule has 0 heterocycles. The average Bonchev–Trinajstić information content (AvgIpc) is 3.06. The van der Waals surface area contributed by atoms with Crippen LogP contribution in [-0.2, 0) is 4.79 Å². The summed E-state index contributed by atoms with van der Waals surface area (Å²) in [5, 5.41) is 11.6. The number of nitrogens with one attached hydrogen (secondary N) is 1. The highest BCUT2D eigenvalue weighted by molar-refractivity contribution is 5.76. The van der Waals surface area contributed by atoms with Crippen molar-refractivity contribution in [2.75, 3.05) is 13.1 Å². The number of urea groups is 1. The molecule has 2 N–H and O–H groups in total. The minimum absolute atomic E-state index is 0.0211. The van der Waals surface area contributed by atoms with E-state index in [4.69, 9.17) is 5.11 Å². The lowest BCUT2D eigenvalue weighted by Crippen LogP contribution is -2.51. The third-order valence-electron chi connectivity index (χ3n) is 3.37. The summed E-state index contributed by atoms with van der Waals surface area (Å²) in [5.74, 6) is -0.00147. The predicted molar refractivity (Wildman–Crippen MR) is 74.1 cm³/mol. The van der Waals surface area contributed by atoms with E-state index in [1.54, 1.807) is 4.90 Å². The fourth-order valence-corrected chi connectivity index (χ4v) is 2.04. The lowest BCUT2D eigenvalue weighted by molar-refractivity contribution is -0.137. The number of rotatable bonds is 7. The molecule has 1 aliphatic rings. The molecule has 0 saturated heterocycles. The Morgan fingerprint density at radius 2 is 1.95 bits per heavy atom. The third kappa shape index (κ3) is 6.45. The van der Waals surface area contributed by atoms with Crippen LogP contribution in [0.3, 0.4) is 0 Å². The van der Waals surface area contributed by atoms with Crippen LogP contribution >= 0.6 is 0 Å². The average molecular weight is 270 g/mol. The van der Waals surface area contributed by atoms with Gasteiger partial charge in [0.1, 0.15) is 0 Å². The Morgan fingerprint density at radius 1 is 1.32 bits per heavy atom. The van der Waals surface area contributed by atoms with Crippen LogP contribution in [0.15, 0.2) is 0 Å². The number of aliphatic carboxylic acids is 1. The van der Waals surface area contributed by atoms with Crippen LogP contribution in [0.4, 0.5) is 4.79 Å². The number of carbonyl (C=O) groups excluding carboxylic acids is 1. The van der Waals surface area contributed by atoms with Gasteiger partial charge < -0.3 is 15.3 Å². The van der Waals surface area contributed by atoms with Crippen molar-refractivity contribution in [3.05, 3.63) is 0 Å². The van der Waals surface area contributed by atoms with Crippen molar-refractivity contribution >= 4 is 12.0 Å². The molecule has 0 spiro atoms. The van der Waals surface area contributed by atoms with Crippen molar-refractivity contribution in [3.8, 4) is 0 Å². The number of carboxylic acids is 1. The summed E-state index contributed by atoms with van der Waals surface area (Å²) < 4.78 is 0. The van der Waals surface area contributed by atoms with E-state index in [-0.39, 0.29) is 24.5 Å². The van der Waals surface area contributed by atoms with Gasteiger partial charge in [0.15, 0.2) is 0 Å². The second-order valence-corrected chi connectivity index (χ2v) is 6.28. The van der Waals surface area contributed by atoms with Crippen molar-refractivity contribution in [2.24, 2.45) is 5.92 Å². The van der Waals surface area contributed by atoms with Gasteiger partial charge in [-0.1, -0.05) is 12.8 Å². The van der Waals surface area contributed by atoms with Crippen molar-refractivity contribution in [2.45, 2.75) is 58.4 Å². The zero-order chi connectivity index (χ0) is 14.5. The first-order valence-electron chi connectivity index (χ1n) is 7.08. The van der Waals surface area contributed by atoms with Crippen molar-refractivity contribution in [1.82, 2.24) is 10.2 Å². The van der Waals surface area contributed by atoms with E-state index < -0.39 is 5.97 Å². The molecule has 1 aliphatic carbocycles. The van der Waals surface area contributed by atoms with Crippen LogP contribution in [0.1, 0.15) is 52.9 Å². The molecular weight excluding hydrogens is 244 g/mol. The molecule has 0 aromatic heterocycles. The molecule has 0 radical (unpaired) electrons. The summed E-state index contributed by atoms with van der Waals surface area (Å²) in [6, 6.07) is -0.162. The van der Waals surface area contributed by atoms with Gasteiger partial charge in [-0.05, 0) is 39.5 Å². The maximum Gasteiger partial charge on any atom is 0.317 e. The first kappa shape index (κ1) is 15.8. The molecule has 110 valence electrons. The van der Waals surface area contributed by atoms with E-state index in [2.05, 4.69) is 5.32 Å². The molecule has 2 amide bonds. The maximum atomic E-state index is 12.1. The number of hydrogen-bond acceptors (Lipinski definition) is 2. The summed E-state index contributed by atoms with van der Waals surface area (Å²) >= 11 is 0. The zero-order valence-electron chi connectivity index (χ0n) is 12.2. The fraction of sp³-hybridized carbons (Fsp3) is 0.857. The van der Waals surface area contributed by atoms with Gasteiger partial charge in [-0.15, -0.1) is 0 Å². The summed E-state index contributed by atoms with van der Waals surface area (Å²) in [6.45, 7) is 6.66. The Bertz CT molecular complexity index is 319. The Kier molecular flexibility index (Phi) is 5.63. The second-order valence-electron chi connectivity index (χ2n) is 6.28. The van der Waals surface area contributed by atoms with Crippen LogP contribution in [0, 0.1) is 5.92 Å².